The molecule has 1 saturated carbocycles. The van der Waals surface area contributed by atoms with Crippen molar-refractivity contribution in [1.29, 1.82) is 0 Å². The van der Waals surface area contributed by atoms with Gasteiger partial charge in [-0.1, -0.05) is 50.6 Å². The van der Waals surface area contributed by atoms with Gasteiger partial charge in [0, 0.05) is 11.0 Å². The second-order valence-corrected chi connectivity index (χ2v) is 6.16. The summed E-state index contributed by atoms with van der Waals surface area (Å²) in [5, 5.41) is 0. The molecule has 0 aromatic heterocycles. The van der Waals surface area contributed by atoms with Gasteiger partial charge in [-0.25, -0.2) is 0 Å². The van der Waals surface area contributed by atoms with Crippen molar-refractivity contribution in [1.82, 2.24) is 0 Å². The van der Waals surface area contributed by atoms with E-state index < -0.39 is 0 Å². The van der Waals surface area contributed by atoms with Gasteiger partial charge in [0.05, 0.1) is 5.70 Å². The minimum atomic E-state index is 0.276. The van der Waals surface area contributed by atoms with E-state index in [2.05, 4.69) is 49.5 Å². The molecule has 0 aliphatic heterocycles. The van der Waals surface area contributed by atoms with E-state index in [1.807, 2.05) is 0 Å². The van der Waals surface area contributed by atoms with Crippen LogP contribution in [-0.4, -0.2) is 6.72 Å². The topological polar surface area (TPSA) is 12.4 Å². The van der Waals surface area contributed by atoms with Crippen LogP contribution in [-0.2, 0) is 6.42 Å². The van der Waals surface area contributed by atoms with E-state index >= 15 is 0 Å². The van der Waals surface area contributed by atoms with Crippen molar-refractivity contribution in [2.24, 2.45) is 10.4 Å². The Morgan fingerprint density at radius 1 is 1.25 bits per heavy atom. The molecule has 0 N–H and O–H groups in total. The number of aliphatic imine (C=N–C) groups is 1. The van der Waals surface area contributed by atoms with Crippen molar-refractivity contribution in [2.75, 3.05) is 0 Å². The first-order chi connectivity index (χ1) is 9.72. The van der Waals surface area contributed by atoms with Crippen LogP contribution in [0, 0.1) is 5.41 Å². The zero-order valence-electron chi connectivity index (χ0n) is 12.4. The average Bonchev–Trinajstić information content (AvgIpc) is 2.93. The Bertz CT molecular complexity index is 586. The lowest BCUT2D eigenvalue weighted by molar-refractivity contribution is 0.364. The molecule has 0 radical (unpaired) electrons. The quantitative estimate of drug-likeness (QED) is 0.668. The normalized spacial score (nSPS) is 20.1. The van der Waals surface area contributed by atoms with Crippen molar-refractivity contribution in [3.8, 4) is 0 Å². The predicted octanol–water partition coefficient (Wildman–Crippen LogP) is 5.18. The van der Waals surface area contributed by atoms with Crippen LogP contribution >= 0.6 is 0 Å². The molecule has 0 atom stereocenters. The maximum absolute atomic E-state index is 4.43. The molecule has 0 amide bonds. The zero-order chi connectivity index (χ0) is 14.2. The summed E-state index contributed by atoms with van der Waals surface area (Å²) < 4.78 is 0. The first kappa shape index (κ1) is 13.4. The second-order valence-electron chi connectivity index (χ2n) is 6.16. The fraction of sp³-hybridized carbons (Fsp3) is 0.421. The lowest BCUT2D eigenvalue weighted by Gasteiger charge is -2.39. The van der Waals surface area contributed by atoms with Crippen LogP contribution in [0.5, 0.6) is 0 Å². The molecule has 1 aromatic rings. The molecule has 1 fully saturated rings. The Labute approximate surface area is 122 Å². The molecule has 2 aliphatic carbocycles. The minimum Gasteiger partial charge on any atom is -0.264 e. The molecule has 3 rings (SSSR count). The SMILES string of the molecule is C=NC1=C(C(=C)CC)C2(CCCC2)Cc2ccccc21. The highest BCUT2D eigenvalue weighted by molar-refractivity contribution is 5.79. The van der Waals surface area contributed by atoms with Crippen molar-refractivity contribution in [3.05, 3.63) is 53.1 Å². The summed E-state index contributed by atoms with van der Waals surface area (Å²) in [4.78, 5) is 4.43. The van der Waals surface area contributed by atoms with Crippen LogP contribution in [0.3, 0.4) is 0 Å². The summed E-state index contributed by atoms with van der Waals surface area (Å²) in [6, 6.07) is 8.68. The van der Waals surface area contributed by atoms with Gasteiger partial charge < -0.3 is 0 Å². The Morgan fingerprint density at radius 3 is 2.60 bits per heavy atom. The molecule has 1 nitrogen and oxygen atoms in total. The zero-order valence-corrected chi connectivity index (χ0v) is 12.4. The second kappa shape index (κ2) is 5.05. The molecule has 0 bridgehead atoms. The van der Waals surface area contributed by atoms with Crippen LogP contribution in [0.4, 0.5) is 0 Å². The van der Waals surface area contributed by atoms with Gasteiger partial charge in [-0.05, 0) is 49.1 Å². The third-order valence-corrected chi connectivity index (χ3v) is 5.07. The summed E-state index contributed by atoms with van der Waals surface area (Å²) in [6.45, 7) is 10.4. The standard InChI is InChI=1S/C19H23N/c1-4-14(2)17-18(20-3)16-10-6-5-9-15(16)13-19(17)11-7-8-12-19/h5-6,9-10H,2-4,7-8,11-13H2,1H3. The van der Waals surface area contributed by atoms with Crippen molar-refractivity contribution >= 4 is 12.4 Å². The molecule has 0 heterocycles. The fourth-order valence-electron chi connectivity index (χ4n) is 4.11. The van der Waals surface area contributed by atoms with Crippen LogP contribution < -0.4 is 0 Å². The van der Waals surface area contributed by atoms with Gasteiger partial charge in [-0.2, -0.15) is 0 Å². The maximum atomic E-state index is 4.43. The smallest absolute Gasteiger partial charge is 0.0737 e. The number of rotatable bonds is 3. The maximum Gasteiger partial charge on any atom is 0.0737 e. The highest BCUT2D eigenvalue weighted by Crippen LogP contribution is 2.55. The van der Waals surface area contributed by atoms with Gasteiger partial charge >= 0.3 is 0 Å². The Hall–Kier alpha value is -1.63. The van der Waals surface area contributed by atoms with Gasteiger partial charge in [0.2, 0.25) is 0 Å². The van der Waals surface area contributed by atoms with Gasteiger partial charge in [0.1, 0.15) is 0 Å². The minimum absolute atomic E-state index is 0.276. The first-order valence-electron chi connectivity index (χ1n) is 7.70. The number of hydrogen-bond donors (Lipinski definition) is 0. The van der Waals surface area contributed by atoms with Crippen molar-refractivity contribution in [2.45, 2.75) is 45.4 Å². The summed E-state index contributed by atoms with van der Waals surface area (Å²) in [6.07, 6.45) is 7.35. The van der Waals surface area contributed by atoms with Crippen LogP contribution in [0.25, 0.3) is 5.70 Å². The van der Waals surface area contributed by atoms with E-state index in [9.17, 15) is 0 Å². The molecule has 1 aromatic carbocycles. The number of hydrogen-bond acceptors (Lipinski definition) is 1. The largest absolute Gasteiger partial charge is 0.264 e. The number of benzene rings is 1. The summed E-state index contributed by atoms with van der Waals surface area (Å²) in [5.74, 6) is 0. The molecule has 2 aliphatic rings. The van der Waals surface area contributed by atoms with E-state index in [0.29, 0.717) is 0 Å². The Balaban J connectivity index is 2.26. The molecule has 0 saturated heterocycles. The van der Waals surface area contributed by atoms with Gasteiger partial charge in [-0.15, -0.1) is 0 Å². The number of nitrogens with zero attached hydrogens (tertiary/aromatic N) is 1. The van der Waals surface area contributed by atoms with E-state index in [1.165, 1.54) is 48.0 Å². The Morgan fingerprint density at radius 2 is 1.95 bits per heavy atom. The summed E-state index contributed by atoms with van der Waals surface area (Å²) in [7, 11) is 0. The van der Waals surface area contributed by atoms with Gasteiger partial charge in [-0.3, -0.25) is 4.99 Å². The predicted molar refractivity (Wildman–Crippen MR) is 86.9 cm³/mol. The first-order valence-corrected chi connectivity index (χ1v) is 7.70. The number of allylic oxidation sites excluding steroid dienone is 2. The van der Waals surface area contributed by atoms with Crippen LogP contribution in [0.15, 0.2) is 47.0 Å². The molecule has 104 valence electrons. The fourth-order valence-corrected chi connectivity index (χ4v) is 4.11. The third kappa shape index (κ3) is 1.88. The van der Waals surface area contributed by atoms with E-state index in [4.69, 9.17) is 0 Å². The molecule has 1 spiro atoms. The lowest BCUT2D eigenvalue weighted by Crippen LogP contribution is -2.28. The monoisotopic (exact) mass is 265 g/mol. The summed E-state index contributed by atoms with van der Waals surface area (Å²) >= 11 is 0. The lowest BCUT2D eigenvalue weighted by atomic mass is 9.66. The molecule has 0 unspecified atom stereocenters. The van der Waals surface area contributed by atoms with E-state index in [0.717, 1.165) is 18.5 Å². The van der Waals surface area contributed by atoms with E-state index in [1.54, 1.807) is 0 Å². The van der Waals surface area contributed by atoms with Crippen LogP contribution in [0.2, 0.25) is 0 Å². The molecule has 1 heteroatoms. The van der Waals surface area contributed by atoms with E-state index in [-0.39, 0.29) is 5.41 Å². The molecular weight excluding hydrogens is 242 g/mol. The Kier molecular flexibility index (Phi) is 3.37. The van der Waals surface area contributed by atoms with Crippen LogP contribution in [0.1, 0.15) is 50.2 Å². The number of fused-ring (bicyclic) bond motifs is 1. The van der Waals surface area contributed by atoms with Gasteiger partial charge in [0.15, 0.2) is 0 Å². The average molecular weight is 265 g/mol. The highest BCUT2D eigenvalue weighted by Gasteiger charge is 2.43. The molecular formula is C19H23N. The molecule has 20 heavy (non-hydrogen) atoms. The highest BCUT2D eigenvalue weighted by atomic mass is 14.7. The summed E-state index contributed by atoms with van der Waals surface area (Å²) in [5.41, 5.74) is 6.74. The third-order valence-electron chi connectivity index (χ3n) is 5.07. The van der Waals surface area contributed by atoms with Gasteiger partial charge in [0.25, 0.3) is 0 Å². The van der Waals surface area contributed by atoms with Crippen molar-refractivity contribution < 1.29 is 0 Å². The van der Waals surface area contributed by atoms with Crippen molar-refractivity contribution in [3.63, 3.8) is 0 Å².